The number of hydrogen-bond donors (Lipinski definition) is 0. The summed E-state index contributed by atoms with van der Waals surface area (Å²) in [6, 6.07) is 12.6. The number of aryl methyl sites for hydroxylation is 2. The first-order valence-electron chi connectivity index (χ1n) is 8.86. The molecule has 0 saturated carbocycles. The van der Waals surface area contributed by atoms with Gasteiger partial charge in [0.25, 0.3) is 0 Å². The summed E-state index contributed by atoms with van der Waals surface area (Å²) in [6.07, 6.45) is 0.321. The maximum absolute atomic E-state index is 13.3. The minimum Gasteiger partial charge on any atom is -0.350 e. The van der Waals surface area contributed by atoms with Crippen LogP contribution in [0, 0.1) is 0 Å². The summed E-state index contributed by atoms with van der Waals surface area (Å²) >= 11 is 0. The summed E-state index contributed by atoms with van der Waals surface area (Å²) in [5, 5.41) is 0. The molecule has 0 bridgehead atoms. The maximum Gasteiger partial charge on any atom is 0.419 e. The van der Waals surface area contributed by atoms with Crippen LogP contribution in [0.1, 0.15) is 22.5 Å². The maximum atomic E-state index is 13.3. The standard InChI is InChI=1S/C20H19F3N4/c21-20(22,23)16-7-4-10-24-19(16)26-12-9-18-17(13-26)25-14-27(18)11-8-15-5-2-1-3-6-15/h1-7,10,14H,8-9,11-13H2. The molecule has 4 nitrogen and oxygen atoms in total. The van der Waals surface area contributed by atoms with Crippen molar-refractivity contribution in [2.75, 3.05) is 11.4 Å². The Kier molecular flexibility index (Phi) is 4.59. The van der Waals surface area contributed by atoms with Crippen LogP contribution in [0.5, 0.6) is 0 Å². The fraction of sp³-hybridized carbons (Fsp3) is 0.300. The molecule has 0 spiro atoms. The van der Waals surface area contributed by atoms with Gasteiger partial charge in [0.2, 0.25) is 0 Å². The number of nitrogens with zero attached hydrogens (tertiary/aromatic N) is 4. The molecule has 0 aliphatic carbocycles. The number of halogens is 3. The molecule has 27 heavy (non-hydrogen) atoms. The molecule has 3 heterocycles. The summed E-state index contributed by atoms with van der Waals surface area (Å²) in [4.78, 5) is 10.1. The van der Waals surface area contributed by atoms with Crippen LogP contribution in [-0.4, -0.2) is 21.1 Å². The number of anilines is 1. The van der Waals surface area contributed by atoms with Gasteiger partial charge in [-0.1, -0.05) is 30.3 Å². The van der Waals surface area contributed by atoms with Gasteiger partial charge in [0.1, 0.15) is 5.82 Å². The first-order chi connectivity index (χ1) is 13.0. The monoisotopic (exact) mass is 372 g/mol. The van der Waals surface area contributed by atoms with Crippen molar-refractivity contribution in [1.82, 2.24) is 14.5 Å². The molecule has 0 saturated heterocycles. The largest absolute Gasteiger partial charge is 0.419 e. The average molecular weight is 372 g/mol. The molecule has 4 rings (SSSR count). The van der Waals surface area contributed by atoms with Gasteiger partial charge in [-0.25, -0.2) is 9.97 Å². The highest BCUT2D eigenvalue weighted by molar-refractivity contribution is 5.50. The highest BCUT2D eigenvalue weighted by Crippen LogP contribution is 2.36. The molecule has 3 aromatic rings. The summed E-state index contributed by atoms with van der Waals surface area (Å²) in [5.41, 5.74) is 2.48. The van der Waals surface area contributed by atoms with Gasteiger partial charge in [0.15, 0.2) is 0 Å². The fourth-order valence-corrected chi connectivity index (χ4v) is 3.51. The second-order valence-electron chi connectivity index (χ2n) is 6.61. The Morgan fingerprint density at radius 1 is 1.00 bits per heavy atom. The molecule has 140 valence electrons. The second kappa shape index (κ2) is 7.06. The molecule has 0 radical (unpaired) electrons. The lowest BCUT2D eigenvalue weighted by Crippen LogP contribution is -2.33. The molecular formula is C20H19F3N4. The Hall–Kier alpha value is -2.83. The Bertz CT molecular complexity index is 918. The molecular weight excluding hydrogens is 353 g/mol. The Morgan fingerprint density at radius 3 is 2.59 bits per heavy atom. The molecule has 0 fully saturated rings. The molecule has 0 N–H and O–H groups in total. The summed E-state index contributed by atoms with van der Waals surface area (Å²) in [5.74, 6) is -0.0190. The topological polar surface area (TPSA) is 34.0 Å². The first kappa shape index (κ1) is 17.6. The number of aromatic nitrogens is 3. The van der Waals surface area contributed by atoms with E-state index in [0.29, 0.717) is 19.5 Å². The third-order valence-corrected chi connectivity index (χ3v) is 4.87. The van der Waals surface area contributed by atoms with Gasteiger partial charge in [-0.05, 0) is 24.1 Å². The minimum atomic E-state index is -4.42. The first-order valence-corrected chi connectivity index (χ1v) is 8.86. The zero-order valence-electron chi connectivity index (χ0n) is 14.7. The number of pyridine rings is 1. The van der Waals surface area contributed by atoms with E-state index in [4.69, 9.17) is 0 Å². The van der Waals surface area contributed by atoms with Crippen molar-refractivity contribution in [1.29, 1.82) is 0 Å². The average Bonchev–Trinajstić information content (AvgIpc) is 3.09. The number of rotatable bonds is 4. The second-order valence-corrected chi connectivity index (χ2v) is 6.61. The van der Waals surface area contributed by atoms with Crippen molar-refractivity contribution in [2.45, 2.75) is 32.1 Å². The lowest BCUT2D eigenvalue weighted by molar-refractivity contribution is -0.137. The predicted molar refractivity (Wildman–Crippen MR) is 96.4 cm³/mol. The summed E-state index contributed by atoms with van der Waals surface area (Å²) < 4.78 is 41.9. The fourth-order valence-electron chi connectivity index (χ4n) is 3.51. The molecule has 7 heteroatoms. The molecule has 2 aromatic heterocycles. The highest BCUT2D eigenvalue weighted by atomic mass is 19.4. The SMILES string of the molecule is FC(F)(F)c1cccnc1N1CCc2c(ncn2CCc2ccccc2)C1. The lowest BCUT2D eigenvalue weighted by atomic mass is 10.1. The van der Waals surface area contributed by atoms with Crippen molar-refractivity contribution in [3.63, 3.8) is 0 Å². The number of imidazole rings is 1. The van der Waals surface area contributed by atoms with Crippen LogP contribution in [0.2, 0.25) is 0 Å². The smallest absolute Gasteiger partial charge is 0.350 e. The highest BCUT2D eigenvalue weighted by Gasteiger charge is 2.36. The molecule has 0 atom stereocenters. The Labute approximate surface area is 155 Å². The van der Waals surface area contributed by atoms with Crippen LogP contribution < -0.4 is 4.90 Å². The van der Waals surface area contributed by atoms with Gasteiger partial charge in [0.05, 0.1) is 24.1 Å². The van der Waals surface area contributed by atoms with Crippen molar-refractivity contribution in [3.8, 4) is 0 Å². The van der Waals surface area contributed by atoms with Crippen molar-refractivity contribution in [2.24, 2.45) is 0 Å². The summed E-state index contributed by atoms with van der Waals surface area (Å²) in [7, 11) is 0. The van der Waals surface area contributed by atoms with Gasteiger partial charge < -0.3 is 9.47 Å². The third kappa shape index (κ3) is 3.67. The van der Waals surface area contributed by atoms with E-state index in [9.17, 15) is 13.2 Å². The van der Waals surface area contributed by atoms with E-state index in [1.54, 1.807) is 11.2 Å². The summed E-state index contributed by atoms with van der Waals surface area (Å²) in [6.45, 7) is 1.64. The van der Waals surface area contributed by atoms with Crippen molar-refractivity contribution >= 4 is 5.82 Å². The van der Waals surface area contributed by atoms with E-state index >= 15 is 0 Å². The number of fused-ring (bicyclic) bond motifs is 1. The van der Waals surface area contributed by atoms with Crippen LogP contribution in [0.3, 0.4) is 0 Å². The molecule has 1 aliphatic heterocycles. The normalized spacial score (nSPS) is 14.3. The van der Waals surface area contributed by atoms with Gasteiger partial charge in [0, 0.05) is 31.4 Å². The van der Waals surface area contributed by atoms with Crippen LogP contribution in [0.25, 0.3) is 0 Å². The van der Waals surface area contributed by atoms with E-state index in [1.807, 2.05) is 18.2 Å². The van der Waals surface area contributed by atoms with Gasteiger partial charge >= 0.3 is 6.18 Å². The van der Waals surface area contributed by atoms with E-state index in [0.717, 1.165) is 30.4 Å². The van der Waals surface area contributed by atoms with E-state index < -0.39 is 11.7 Å². The predicted octanol–water partition coefficient (Wildman–Crippen LogP) is 4.10. The van der Waals surface area contributed by atoms with Crippen LogP contribution in [0.4, 0.5) is 19.0 Å². The minimum absolute atomic E-state index is 0.0190. The van der Waals surface area contributed by atoms with Crippen molar-refractivity contribution < 1.29 is 13.2 Å². The van der Waals surface area contributed by atoms with Gasteiger partial charge in [-0.2, -0.15) is 13.2 Å². The van der Waals surface area contributed by atoms with E-state index in [2.05, 4.69) is 26.7 Å². The molecule has 1 aromatic carbocycles. The van der Waals surface area contributed by atoms with Crippen molar-refractivity contribution in [3.05, 3.63) is 77.5 Å². The molecule has 0 unspecified atom stereocenters. The van der Waals surface area contributed by atoms with E-state index in [1.165, 1.54) is 17.8 Å². The van der Waals surface area contributed by atoms with Crippen LogP contribution in [-0.2, 0) is 32.1 Å². The number of hydrogen-bond acceptors (Lipinski definition) is 3. The molecule has 1 aliphatic rings. The lowest BCUT2D eigenvalue weighted by Gasteiger charge is -2.30. The zero-order valence-corrected chi connectivity index (χ0v) is 14.7. The Morgan fingerprint density at radius 2 is 1.81 bits per heavy atom. The zero-order chi connectivity index (χ0) is 18.9. The number of alkyl halides is 3. The quantitative estimate of drug-likeness (QED) is 0.691. The van der Waals surface area contributed by atoms with Gasteiger partial charge in [-0.3, -0.25) is 0 Å². The Balaban J connectivity index is 1.52. The van der Waals surface area contributed by atoms with Gasteiger partial charge in [-0.15, -0.1) is 0 Å². The van der Waals surface area contributed by atoms with Crippen LogP contribution >= 0.6 is 0 Å². The number of benzene rings is 1. The van der Waals surface area contributed by atoms with E-state index in [-0.39, 0.29) is 5.82 Å². The molecule has 0 amide bonds. The third-order valence-electron chi connectivity index (χ3n) is 4.87. The van der Waals surface area contributed by atoms with Crippen LogP contribution in [0.15, 0.2) is 55.0 Å².